The first-order chi connectivity index (χ1) is 17.3. The fourth-order valence-electron chi connectivity index (χ4n) is 5.23. The van der Waals surface area contributed by atoms with Crippen molar-refractivity contribution in [3.8, 4) is 28.8 Å². The first-order valence-electron chi connectivity index (χ1n) is 12.1. The molecule has 1 aromatic carbocycles. The van der Waals surface area contributed by atoms with Crippen molar-refractivity contribution in [2.45, 2.75) is 56.1 Å². The van der Waals surface area contributed by atoms with Crippen molar-refractivity contribution in [3.63, 3.8) is 0 Å². The van der Waals surface area contributed by atoms with Crippen LogP contribution >= 0.6 is 0 Å². The minimum atomic E-state index is -3.67. The Hall–Kier alpha value is -3.34. The van der Waals surface area contributed by atoms with Crippen LogP contribution in [0.4, 0.5) is 0 Å². The first kappa shape index (κ1) is 24.4. The largest absolute Gasteiger partial charge is 0.494 e. The summed E-state index contributed by atoms with van der Waals surface area (Å²) in [5, 5.41) is 7.94. The molecule has 11 heteroatoms. The molecule has 2 fully saturated rings. The van der Waals surface area contributed by atoms with Gasteiger partial charge in [0.25, 0.3) is 0 Å². The van der Waals surface area contributed by atoms with Crippen LogP contribution in [0.2, 0.25) is 0 Å². The molecule has 4 heterocycles. The van der Waals surface area contributed by atoms with Gasteiger partial charge in [0.1, 0.15) is 28.7 Å². The molecule has 2 aliphatic heterocycles. The Bertz CT molecular complexity index is 1360. The number of nitrogens with zero attached hydrogens (tertiary/aromatic N) is 4. The number of hydrogen-bond acceptors (Lipinski definition) is 8. The van der Waals surface area contributed by atoms with Crippen LogP contribution in [-0.2, 0) is 20.4 Å². The van der Waals surface area contributed by atoms with E-state index in [1.165, 1.54) is 14.2 Å². The number of carbonyl (C=O) groups excluding carboxylic acids is 1. The van der Waals surface area contributed by atoms with E-state index in [0.29, 0.717) is 53.8 Å². The Kier molecular flexibility index (Phi) is 6.50. The van der Waals surface area contributed by atoms with Crippen molar-refractivity contribution >= 4 is 15.7 Å². The number of para-hydroxylation sites is 1. The van der Waals surface area contributed by atoms with E-state index in [-0.39, 0.29) is 30.1 Å². The lowest BCUT2D eigenvalue weighted by Gasteiger charge is -2.42. The molecular formula is C25H30N4O6S. The van der Waals surface area contributed by atoms with Gasteiger partial charge in [-0.05, 0) is 56.9 Å². The number of rotatable bonds is 7. The molecule has 2 aromatic heterocycles. The molecule has 10 nitrogen and oxygen atoms in total. The Morgan fingerprint density at radius 3 is 2.47 bits per heavy atom. The Morgan fingerprint density at radius 2 is 1.81 bits per heavy atom. The van der Waals surface area contributed by atoms with E-state index in [2.05, 4.69) is 10.2 Å². The summed E-state index contributed by atoms with van der Waals surface area (Å²) in [5.41, 5.74) is 0.483. The van der Waals surface area contributed by atoms with Crippen molar-refractivity contribution in [1.82, 2.24) is 19.7 Å². The molecule has 0 N–H and O–H groups in total. The van der Waals surface area contributed by atoms with Gasteiger partial charge >= 0.3 is 0 Å². The van der Waals surface area contributed by atoms with Gasteiger partial charge in [0.05, 0.1) is 19.5 Å². The number of carbonyl (C=O) groups is 1. The Balaban J connectivity index is 1.56. The highest BCUT2D eigenvalue weighted by molar-refractivity contribution is 7.91. The lowest BCUT2D eigenvalue weighted by Crippen LogP contribution is -2.52. The van der Waals surface area contributed by atoms with Gasteiger partial charge in [0.2, 0.25) is 11.7 Å². The number of amides is 1. The van der Waals surface area contributed by atoms with Crippen LogP contribution in [0.3, 0.4) is 0 Å². The summed E-state index contributed by atoms with van der Waals surface area (Å²) in [6.45, 7) is 2.04. The van der Waals surface area contributed by atoms with Crippen LogP contribution in [0.1, 0.15) is 43.7 Å². The number of benzene rings is 1. The van der Waals surface area contributed by atoms with Crippen LogP contribution in [0, 0.1) is 6.92 Å². The molecule has 0 unspecified atom stereocenters. The van der Waals surface area contributed by atoms with Gasteiger partial charge in [-0.1, -0.05) is 6.07 Å². The number of aryl methyl sites for hydroxylation is 1. The van der Waals surface area contributed by atoms with Crippen LogP contribution in [-0.4, -0.2) is 66.0 Å². The molecule has 1 amide bonds. The van der Waals surface area contributed by atoms with E-state index in [1.54, 1.807) is 39.8 Å². The predicted molar refractivity (Wildman–Crippen MR) is 132 cm³/mol. The van der Waals surface area contributed by atoms with Crippen molar-refractivity contribution in [1.29, 1.82) is 0 Å². The number of furan rings is 1. The lowest BCUT2D eigenvalue weighted by molar-refractivity contribution is -0.137. The average Bonchev–Trinajstić information content (AvgIpc) is 3.48. The van der Waals surface area contributed by atoms with Crippen molar-refractivity contribution in [3.05, 3.63) is 41.9 Å². The van der Waals surface area contributed by atoms with E-state index in [9.17, 15) is 13.2 Å². The van der Waals surface area contributed by atoms with Crippen LogP contribution < -0.4 is 9.47 Å². The third-order valence-electron chi connectivity index (χ3n) is 7.07. The van der Waals surface area contributed by atoms with Gasteiger partial charge in [0.15, 0.2) is 21.4 Å². The quantitative estimate of drug-likeness (QED) is 0.471. The third kappa shape index (κ3) is 4.36. The molecular weight excluding hydrogens is 484 g/mol. The summed E-state index contributed by atoms with van der Waals surface area (Å²) in [6, 6.07) is 9.02. The zero-order valence-electron chi connectivity index (χ0n) is 20.6. The molecule has 192 valence electrons. The van der Waals surface area contributed by atoms with E-state index in [4.69, 9.17) is 13.9 Å². The molecule has 5 rings (SSSR count). The van der Waals surface area contributed by atoms with E-state index in [0.717, 1.165) is 12.8 Å². The van der Waals surface area contributed by atoms with Gasteiger partial charge in [-0.25, -0.2) is 8.42 Å². The first-order valence-corrected chi connectivity index (χ1v) is 13.8. The molecule has 0 bridgehead atoms. The average molecular weight is 515 g/mol. The van der Waals surface area contributed by atoms with E-state index in [1.807, 2.05) is 6.92 Å². The number of sulfone groups is 1. The molecule has 0 radical (unpaired) electrons. The predicted octanol–water partition coefficient (Wildman–Crippen LogP) is 3.31. The fourth-order valence-corrected chi connectivity index (χ4v) is 6.90. The number of piperidine rings is 2. The maximum absolute atomic E-state index is 13.7. The highest BCUT2D eigenvalue weighted by Crippen LogP contribution is 2.38. The maximum atomic E-state index is 13.7. The number of aromatic nitrogens is 3. The topological polar surface area (TPSA) is 117 Å². The fraction of sp³-hybridized carbons (Fsp3) is 0.480. The van der Waals surface area contributed by atoms with Crippen molar-refractivity contribution in [2.75, 3.05) is 20.8 Å². The number of hydrogen-bond donors (Lipinski definition) is 0. The highest BCUT2D eigenvalue weighted by atomic mass is 32.2. The van der Waals surface area contributed by atoms with Crippen LogP contribution in [0.15, 0.2) is 34.7 Å². The zero-order chi connectivity index (χ0) is 25.4. The van der Waals surface area contributed by atoms with Crippen LogP contribution in [0.25, 0.3) is 17.3 Å². The van der Waals surface area contributed by atoms with Crippen molar-refractivity contribution < 1.29 is 27.1 Å². The summed E-state index contributed by atoms with van der Waals surface area (Å²) in [4.78, 5) is 14.2. The second-order valence-corrected chi connectivity index (χ2v) is 11.6. The maximum Gasteiger partial charge on any atom is 0.222 e. The summed E-state index contributed by atoms with van der Waals surface area (Å²) < 4.78 is 46.0. The van der Waals surface area contributed by atoms with Crippen molar-refractivity contribution in [2.24, 2.45) is 0 Å². The minimum Gasteiger partial charge on any atom is -0.494 e. The second kappa shape index (κ2) is 9.61. The molecule has 0 saturated carbocycles. The van der Waals surface area contributed by atoms with Gasteiger partial charge in [-0.15, -0.1) is 10.2 Å². The summed E-state index contributed by atoms with van der Waals surface area (Å²) in [7, 11) is -0.610. The van der Waals surface area contributed by atoms with E-state index >= 15 is 0 Å². The smallest absolute Gasteiger partial charge is 0.222 e. The molecule has 2 aliphatic rings. The third-order valence-corrected chi connectivity index (χ3v) is 9.13. The molecule has 2 saturated heterocycles. The summed E-state index contributed by atoms with van der Waals surface area (Å²) in [6.07, 6.45) is 3.51. The zero-order valence-corrected chi connectivity index (χ0v) is 21.5. The highest BCUT2D eigenvalue weighted by Gasteiger charge is 2.40. The van der Waals surface area contributed by atoms with Gasteiger partial charge in [-0.3, -0.25) is 9.36 Å². The van der Waals surface area contributed by atoms with Gasteiger partial charge < -0.3 is 18.8 Å². The summed E-state index contributed by atoms with van der Waals surface area (Å²) >= 11 is 0. The molecule has 3 aromatic rings. The second-order valence-electron chi connectivity index (χ2n) is 9.30. The molecule has 2 atom stereocenters. The lowest BCUT2D eigenvalue weighted by atomic mass is 9.93. The molecule has 0 spiro atoms. The van der Waals surface area contributed by atoms with E-state index < -0.39 is 15.1 Å². The van der Waals surface area contributed by atoms with Gasteiger partial charge in [0, 0.05) is 19.0 Å². The SMILES string of the molecule is COc1cccc(OC)c1-n1c(CS(=O)(=O)[C@H]2CC[C@@H]3CCCC(=O)N3C2)nnc1-c1ccc(C)o1. The van der Waals surface area contributed by atoms with Gasteiger partial charge in [-0.2, -0.15) is 0 Å². The number of methoxy groups -OCH3 is 2. The molecule has 0 aliphatic carbocycles. The normalized spacial score (nSPS) is 20.3. The summed E-state index contributed by atoms with van der Waals surface area (Å²) in [5.74, 6) is 2.31. The standard InChI is InChI=1S/C25H30N4O6S/c1-16-10-13-21(35-16)25-27-26-22(29(25)24-19(33-2)7-5-8-20(24)34-3)15-36(31,32)18-12-11-17-6-4-9-23(30)28(17)14-18/h5,7-8,10,13,17-18H,4,6,9,11-12,14-15H2,1-3H3/t17-,18-/m0/s1. The Morgan fingerprint density at radius 1 is 1.06 bits per heavy atom. The minimum absolute atomic E-state index is 0.0450. The monoisotopic (exact) mass is 514 g/mol. The number of fused-ring (bicyclic) bond motifs is 1. The Labute approximate surface area is 210 Å². The van der Waals surface area contributed by atoms with Crippen LogP contribution in [0.5, 0.6) is 11.5 Å². The molecule has 36 heavy (non-hydrogen) atoms. The number of ether oxygens (including phenoxy) is 2.